The average molecular weight is 433 g/mol. The van der Waals surface area contributed by atoms with Gasteiger partial charge in [0.2, 0.25) is 10.0 Å². The van der Waals surface area contributed by atoms with E-state index in [-0.39, 0.29) is 9.37 Å². The van der Waals surface area contributed by atoms with E-state index in [0.29, 0.717) is 13.1 Å². The molecule has 0 bridgehead atoms. The number of hydrogen-bond donors (Lipinski definition) is 0. The van der Waals surface area contributed by atoms with Crippen LogP contribution in [0.1, 0.15) is 38.5 Å². The van der Waals surface area contributed by atoms with Crippen molar-refractivity contribution in [1.29, 1.82) is 0 Å². The number of sulfonamides is 1. The lowest BCUT2D eigenvalue weighted by Gasteiger charge is -2.28. The first-order valence-electron chi connectivity index (χ1n) is 9.14. The van der Waals surface area contributed by atoms with Gasteiger partial charge in [0.05, 0.1) is 4.90 Å². The second kappa shape index (κ2) is 8.46. The zero-order valence-corrected chi connectivity index (χ0v) is 16.9. The molecule has 1 saturated carbocycles. The molecule has 0 atom stereocenters. The highest BCUT2D eigenvalue weighted by Gasteiger charge is 2.29. The number of hydrogen-bond acceptors (Lipinski definition) is 3. The summed E-state index contributed by atoms with van der Waals surface area (Å²) in [6.45, 7) is 3.84. The monoisotopic (exact) mass is 432 g/mol. The van der Waals surface area contributed by atoms with Crippen molar-refractivity contribution in [1.82, 2.24) is 9.21 Å². The Hall–Kier alpha value is -0.500. The Kier molecular flexibility index (Phi) is 6.52. The summed E-state index contributed by atoms with van der Waals surface area (Å²) in [6.07, 6.45) is 7.47. The summed E-state index contributed by atoms with van der Waals surface area (Å²) in [5.74, 6) is 0.323. The van der Waals surface area contributed by atoms with Crippen LogP contribution in [0.25, 0.3) is 0 Å². The van der Waals surface area contributed by atoms with E-state index >= 15 is 0 Å². The van der Waals surface area contributed by atoms with Crippen molar-refractivity contribution in [3.05, 3.63) is 28.5 Å². The SMILES string of the molecule is O=S(=O)(c1ccc(F)cc1Br)N1CCCN(CC2CCCCC2)CC1. The van der Waals surface area contributed by atoms with Crippen molar-refractivity contribution < 1.29 is 12.8 Å². The second-order valence-corrected chi connectivity index (χ2v) is 9.90. The van der Waals surface area contributed by atoms with Gasteiger partial charge in [-0.05, 0) is 65.9 Å². The highest BCUT2D eigenvalue weighted by molar-refractivity contribution is 9.10. The quantitative estimate of drug-likeness (QED) is 0.724. The molecule has 1 aliphatic heterocycles. The lowest BCUT2D eigenvalue weighted by atomic mass is 9.89. The number of halogens is 2. The molecule has 1 aromatic rings. The summed E-state index contributed by atoms with van der Waals surface area (Å²) in [4.78, 5) is 2.57. The summed E-state index contributed by atoms with van der Waals surface area (Å²) >= 11 is 3.19. The van der Waals surface area contributed by atoms with Crippen molar-refractivity contribution in [3.8, 4) is 0 Å². The third-order valence-electron chi connectivity index (χ3n) is 5.30. The third kappa shape index (κ3) is 4.81. The van der Waals surface area contributed by atoms with E-state index in [2.05, 4.69) is 20.8 Å². The van der Waals surface area contributed by atoms with Gasteiger partial charge in [-0.3, -0.25) is 0 Å². The van der Waals surface area contributed by atoms with Gasteiger partial charge in [0.15, 0.2) is 0 Å². The summed E-state index contributed by atoms with van der Waals surface area (Å²) in [5, 5.41) is 0. The predicted octanol–water partition coefficient (Wildman–Crippen LogP) is 3.86. The molecule has 0 unspecified atom stereocenters. The standard InChI is InChI=1S/C18H26BrFN2O2S/c19-17-13-16(20)7-8-18(17)25(23,24)22-10-4-9-21(11-12-22)14-15-5-2-1-3-6-15/h7-8,13,15H,1-6,9-12,14H2. The first-order chi connectivity index (χ1) is 12.0. The first kappa shape index (κ1) is 19.3. The lowest BCUT2D eigenvalue weighted by Crippen LogP contribution is -2.37. The van der Waals surface area contributed by atoms with Crippen molar-refractivity contribution in [2.24, 2.45) is 5.92 Å². The van der Waals surface area contributed by atoms with Crippen LogP contribution < -0.4 is 0 Å². The molecule has 0 amide bonds. The molecular weight excluding hydrogens is 407 g/mol. The van der Waals surface area contributed by atoms with Gasteiger partial charge in [0, 0.05) is 30.7 Å². The van der Waals surface area contributed by atoms with Gasteiger partial charge in [0.25, 0.3) is 0 Å². The van der Waals surface area contributed by atoms with E-state index in [1.54, 1.807) is 4.31 Å². The van der Waals surface area contributed by atoms with Crippen LogP contribution >= 0.6 is 15.9 Å². The lowest BCUT2D eigenvalue weighted by molar-refractivity contribution is 0.208. The van der Waals surface area contributed by atoms with Gasteiger partial charge in [-0.15, -0.1) is 0 Å². The molecule has 2 aliphatic rings. The minimum atomic E-state index is -3.60. The molecule has 140 valence electrons. The van der Waals surface area contributed by atoms with E-state index in [0.717, 1.165) is 32.0 Å². The van der Waals surface area contributed by atoms with Crippen LogP contribution in [-0.2, 0) is 10.0 Å². The van der Waals surface area contributed by atoms with Crippen molar-refractivity contribution in [2.75, 3.05) is 32.7 Å². The van der Waals surface area contributed by atoms with Crippen LogP contribution in [-0.4, -0.2) is 50.3 Å². The normalized spacial score (nSPS) is 22.0. The summed E-state index contributed by atoms with van der Waals surface area (Å²) in [5.41, 5.74) is 0. The maximum Gasteiger partial charge on any atom is 0.244 e. The van der Waals surface area contributed by atoms with Crippen LogP contribution in [0.4, 0.5) is 4.39 Å². The molecule has 1 aromatic carbocycles. The zero-order valence-electron chi connectivity index (χ0n) is 14.5. The van der Waals surface area contributed by atoms with Crippen LogP contribution in [0, 0.1) is 11.7 Å². The van der Waals surface area contributed by atoms with Crippen LogP contribution in [0.15, 0.2) is 27.6 Å². The van der Waals surface area contributed by atoms with E-state index in [1.165, 1.54) is 50.3 Å². The van der Waals surface area contributed by atoms with Crippen LogP contribution in [0.2, 0.25) is 0 Å². The van der Waals surface area contributed by atoms with Gasteiger partial charge in [-0.1, -0.05) is 19.3 Å². The summed E-state index contributed by atoms with van der Waals surface area (Å²) in [7, 11) is -3.60. The minimum absolute atomic E-state index is 0.148. The summed E-state index contributed by atoms with van der Waals surface area (Å²) < 4.78 is 41.0. The number of nitrogens with zero attached hydrogens (tertiary/aromatic N) is 2. The fourth-order valence-electron chi connectivity index (χ4n) is 3.93. The highest BCUT2D eigenvalue weighted by Crippen LogP contribution is 2.28. The molecule has 1 heterocycles. The molecule has 0 N–H and O–H groups in total. The van der Waals surface area contributed by atoms with E-state index in [4.69, 9.17) is 0 Å². The largest absolute Gasteiger partial charge is 0.302 e. The molecule has 1 aliphatic carbocycles. The molecule has 2 fully saturated rings. The Labute approximate surface area is 158 Å². The first-order valence-corrected chi connectivity index (χ1v) is 11.4. The molecule has 1 saturated heterocycles. The Morgan fingerprint density at radius 2 is 1.80 bits per heavy atom. The van der Waals surface area contributed by atoms with Gasteiger partial charge in [-0.2, -0.15) is 4.31 Å². The van der Waals surface area contributed by atoms with Crippen molar-refractivity contribution in [2.45, 2.75) is 43.4 Å². The van der Waals surface area contributed by atoms with Crippen LogP contribution in [0.3, 0.4) is 0 Å². The smallest absolute Gasteiger partial charge is 0.244 e. The summed E-state index contributed by atoms with van der Waals surface area (Å²) in [6, 6.07) is 3.75. The van der Waals surface area contributed by atoms with E-state index in [1.807, 2.05) is 0 Å². The molecule has 0 radical (unpaired) electrons. The predicted molar refractivity (Wildman–Crippen MR) is 100 cm³/mol. The average Bonchev–Trinajstić information content (AvgIpc) is 2.81. The molecule has 0 aromatic heterocycles. The van der Waals surface area contributed by atoms with Crippen LogP contribution in [0.5, 0.6) is 0 Å². The van der Waals surface area contributed by atoms with Crippen molar-refractivity contribution in [3.63, 3.8) is 0 Å². The number of rotatable bonds is 4. The topological polar surface area (TPSA) is 40.6 Å². The third-order valence-corrected chi connectivity index (χ3v) is 8.18. The Balaban J connectivity index is 1.65. The van der Waals surface area contributed by atoms with Gasteiger partial charge >= 0.3 is 0 Å². The van der Waals surface area contributed by atoms with Gasteiger partial charge in [-0.25, -0.2) is 12.8 Å². The van der Waals surface area contributed by atoms with Gasteiger partial charge < -0.3 is 4.90 Å². The van der Waals surface area contributed by atoms with Crippen molar-refractivity contribution >= 4 is 26.0 Å². The Morgan fingerprint density at radius 3 is 2.52 bits per heavy atom. The van der Waals surface area contributed by atoms with E-state index < -0.39 is 15.8 Å². The second-order valence-electron chi connectivity index (χ2n) is 7.14. The maximum absolute atomic E-state index is 13.3. The highest BCUT2D eigenvalue weighted by atomic mass is 79.9. The fraction of sp³-hybridized carbons (Fsp3) is 0.667. The fourth-order valence-corrected chi connectivity index (χ4v) is 6.41. The number of benzene rings is 1. The maximum atomic E-state index is 13.3. The molecule has 25 heavy (non-hydrogen) atoms. The molecule has 3 rings (SSSR count). The van der Waals surface area contributed by atoms with E-state index in [9.17, 15) is 12.8 Å². The Bertz CT molecular complexity index is 692. The molecule has 4 nitrogen and oxygen atoms in total. The minimum Gasteiger partial charge on any atom is -0.302 e. The molecule has 0 spiro atoms. The zero-order chi connectivity index (χ0) is 17.9. The molecule has 7 heteroatoms. The molecular formula is C18H26BrFN2O2S. The Morgan fingerprint density at radius 1 is 1.04 bits per heavy atom. The van der Waals surface area contributed by atoms with Gasteiger partial charge in [0.1, 0.15) is 5.82 Å².